The molecule has 0 spiro atoms. The first-order valence-electron chi connectivity index (χ1n) is 6.79. The SMILES string of the molecule is Cc1cc([C@@H]2CCCN2S(=O)(=O)c2c(C)noc2C)no1. The molecule has 0 N–H and O–H groups in total. The molecule has 2 aromatic rings. The van der Waals surface area contributed by atoms with Crippen molar-refractivity contribution >= 4 is 10.0 Å². The highest BCUT2D eigenvalue weighted by atomic mass is 32.2. The Labute approximate surface area is 122 Å². The summed E-state index contributed by atoms with van der Waals surface area (Å²) in [7, 11) is -3.65. The van der Waals surface area contributed by atoms with Crippen molar-refractivity contribution in [2.24, 2.45) is 0 Å². The van der Waals surface area contributed by atoms with Crippen LogP contribution >= 0.6 is 0 Å². The van der Waals surface area contributed by atoms with E-state index in [-0.39, 0.29) is 10.9 Å². The molecule has 0 saturated carbocycles. The van der Waals surface area contributed by atoms with Gasteiger partial charge in [0.2, 0.25) is 10.0 Å². The second kappa shape index (κ2) is 4.96. The Bertz CT molecular complexity index is 743. The number of hydrogen-bond donors (Lipinski definition) is 0. The van der Waals surface area contributed by atoms with Crippen molar-refractivity contribution in [3.63, 3.8) is 0 Å². The van der Waals surface area contributed by atoms with E-state index in [0.29, 0.717) is 29.5 Å². The molecule has 2 aromatic heterocycles. The predicted molar refractivity (Wildman–Crippen MR) is 73.1 cm³/mol. The molecule has 0 aliphatic carbocycles. The van der Waals surface area contributed by atoms with E-state index in [1.165, 1.54) is 4.31 Å². The fourth-order valence-electron chi connectivity index (χ4n) is 2.83. The lowest BCUT2D eigenvalue weighted by molar-refractivity contribution is 0.348. The van der Waals surface area contributed by atoms with Crippen molar-refractivity contribution in [3.8, 4) is 0 Å². The number of aromatic nitrogens is 2. The van der Waals surface area contributed by atoms with Gasteiger partial charge in [0, 0.05) is 12.6 Å². The maximum Gasteiger partial charge on any atom is 0.249 e. The summed E-state index contributed by atoms with van der Waals surface area (Å²) in [6.07, 6.45) is 1.52. The average Bonchev–Trinajstić information content (AvgIpc) is 3.09. The summed E-state index contributed by atoms with van der Waals surface area (Å²) < 4.78 is 37.3. The lowest BCUT2D eigenvalue weighted by Gasteiger charge is -2.22. The zero-order chi connectivity index (χ0) is 15.2. The van der Waals surface area contributed by atoms with Crippen molar-refractivity contribution in [1.29, 1.82) is 0 Å². The maximum absolute atomic E-state index is 12.9. The Balaban J connectivity index is 2.02. The van der Waals surface area contributed by atoms with Crippen LogP contribution in [-0.2, 0) is 10.0 Å². The third kappa shape index (κ3) is 2.28. The van der Waals surface area contributed by atoms with Crippen LogP contribution in [0.3, 0.4) is 0 Å². The van der Waals surface area contributed by atoms with Crippen LogP contribution < -0.4 is 0 Å². The highest BCUT2D eigenvalue weighted by Crippen LogP contribution is 2.37. The maximum atomic E-state index is 12.9. The summed E-state index contributed by atoms with van der Waals surface area (Å²) >= 11 is 0. The van der Waals surface area contributed by atoms with Crippen molar-refractivity contribution in [2.75, 3.05) is 6.54 Å². The average molecular weight is 311 g/mol. The molecular weight excluding hydrogens is 294 g/mol. The number of rotatable bonds is 3. The summed E-state index contributed by atoms with van der Waals surface area (Å²) in [5, 5.41) is 7.71. The molecule has 0 aromatic carbocycles. The van der Waals surface area contributed by atoms with Gasteiger partial charge in [-0.3, -0.25) is 0 Å². The van der Waals surface area contributed by atoms with E-state index in [4.69, 9.17) is 9.05 Å². The number of aryl methyl sites for hydroxylation is 3. The molecule has 0 radical (unpaired) electrons. The Kier molecular flexibility index (Phi) is 3.37. The van der Waals surface area contributed by atoms with Crippen LogP contribution in [0.2, 0.25) is 0 Å². The first kappa shape index (κ1) is 14.3. The van der Waals surface area contributed by atoms with E-state index in [2.05, 4.69) is 10.3 Å². The molecule has 0 unspecified atom stereocenters. The third-order valence-electron chi connectivity index (χ3n) is 3.73. The second-order valence-electron chi connectivity index (χ2n) is 5.29. The first-order chi connectivity index (χ1) is 9.91. The second-order valence-corrected chi connectivity index (χ2v) is 7.12. The molecule has 1 aliphatic rings. The normalized spacial score (nSPS) is 20.2. The smallest absolute Gasteiger partial charge is 0.249 e. The highest BCUT2D eigenvalue weighted by Gasteiger charge is 2.40. The van der Waals surface area contributed by atoms with E-state index >= 15 is 0 Å². The molecule has 3 heterocycles. The lowest BCUT2D eigenvalue weighted by Crippen LogP contribution is -2.31. The predicted octanol–water partition coefficient (Wildman–Crippen LogP) is 2.11. The molecule has 7 nitrogen and oxygen atoms in total. The molecule has 3 rings (SSSR count). The minimum Gasteiger partial charge on any atom is -0.361 e. The Morgan fingerprint density at radius 1 is 1.24 bits per heavy atom. The third-order valence-corrected chi connectivity index (χ3v) is 5.88. The first-order valence-corrected chi connectivity index (χ1v) is 8.23. The van der Waals surface area contributed by atoms with Crippen molar-refractivity contribution in [1.82, 2.24) is 14.6 Å². The zero-order valence-electron chi connectivity index (χ0n) is 12.2. The van der Waals surface area contributed by atoms with Crippen LogP contribution in [0, 0.1) is 20.8 Å². The quantitative estimate of drug-likeness (QED) is 0.862. The Morgan fingerprint density at radius 3 is 2.57 bits per heavy atom. The van der Waals surface area contributed by atoms with Gasteiger partial charge in [-0.1, -0.05) is 10.3 Å². The van der Waals surface area contributed by atoms with Gasteiger partial charge in [0.05, 0.1) is 6.04 Å². The summed E-state index contributed by atoms with van der Waals surface area (Å²) in [4.78, 5) is 0.162. The number of nitrogens with zero attached hydrogens (tertiary/aromatic N) is 3. The van der Waals surface area contributed by atoms with Crippen molar-refractivity contribution < 1.29 is 17.5 Å². The van der Waals surface area contributed by atoms with Crippen LogP contribution in [0.1, 0.15) is 41.8 Å². The van der Waals surface area contributed by atoms with Crippen molar-refractivity contribution in [2.45, 2.75) is 44.6 Å². The summed E-state index contributed by atoms with van der Waals surface area (Å²) in [6.45, 7) is 5.49. The van der Waals surface area contributed by atoms with E-state index in [1.54, 1.807) is 26.8 Å². The van der Waals surface area contributed by atoms with Gasteiger partial charge in [0.25, 0.3) is 0 Å². The van der Waals surface area contributed by atoms with E-state index < -0.39 is 10.0 Å². The lowest BCUT2D eigenvalue weighted by atomic mass is 10.1. The van der Waals surface area contributed by atoms with Crippen LogP contribution in [0.15, 0.2) is 20.0 Å². The molecule has 0 bridgehead atoms. The summed E-state index contributed by atoms with van der Waals surface area (Å²) in [5.41, 5.74) is 1.04. The summed E-state index contributed by atoms with van der Waals surface area (Å²) in [5.74, 6) is 0.987. The molecule has 0 amide bonds. The minimum atomic E-state index is -3.65. The fourth-order valence-corrected chi connectivity index (χ4v) is 4.79. The molecule has 1 atom stereocenters. The summed E-state index contributed by atoms with van der Waals surface area (Å²) in [6, 6.07) is 1.49. The van der Waals surface area contributed by atoms with Gasteiger partial charge >= 0.3 is 0 Å². The van der Waals surface area contributed by atoms with Gasteiger partial charge in [0.15, 0.2) is 5.76 Å². The van der Waals surface area contributed by atoms with Crippen LogP contribution in [0.5, 0.6) is 0 Å². The topological polar surface area (TPSA) is 89.4 Å². The van der Waals surface area contributed by atoms with Gasteiger partial charge in [0.1, 0.15) is 22.0 Å². The molecule has 1 aliphatic heterocycles. The van der Waals surface area contributed by atoms with Gasteiger partial charge in [-0.25, -0.2) is 8.42 Å². The minimum absolute atomic E-state index is 0.162. The molecule has 1 fully saturated rings. The molecule has 21 heavy (non-hydrogen) atoms. The van der Waals surface area contributed by atoms with E-state index in [9.17, 15) is 8.42 Å². The highest BCUT2D eigenvalue weighted by molar-refractivity contribution is 7.89. The largest absolute Gasteiger partial charge is 0.361 e. The van der Waals surface area contributed by atoms with Gasteiger partial charge < -0.3 is 9.05 Å². The van der Waals surface area contributed by atoms with Crippen LogP contribution in [-0.4, -0.2) is 29.6 Å². The van der Waals surface area contributed by atoms with Crippen molar-refractivity contribution in [3.05, 3.63) is 29.0 Å². The number of sulfonamides is 1. The monoisotopic (exact) mass is 311 g/mol. The zero-order valence-corrected chi connectivity index (χ0v) is 13.0. The number of hydrogen-bond acceptors (Lipinski definition) is 6. The Hall–Kier alpha value is -1.67. The van der Waals surface area contributed by atoms with E-state index in [1.807, 2.05) is 0 Å². The van der Waals surface area contributed by atoms with Crippen LogP contribution in [0.4, 0.5) is 0 Å². The van der Waals surface area contributed by atoms with Crippen LogP contribution in [0.25, 0.3) is 0 Å². The van der Waals surface area contributed by atoms with Gasteiger partial charge in [-0.2, -0.15) is 4.31 Å². The molecule has 8 heteroatoms. The standard InChI is InChI=1S/C13H17N3O4S/c1-8-7-11(15-19-8)12-5-4-6-16(12)21(17,18)13-9(2)14-20-10(13)3/h7,12H,4-6H2,1-3H3/t12-/m0/s1. The van der Waals surface area contributed by atoms with Gasteiger partial charge in [-0.15, -0.1) is 0 Å². The molecule has 1 saturated heterocycles. The van der Waals surface area contributed by atoms with E-state index in [0.717, 1.165) is 12.8 Å². The Morgan fingerprint density at radius 2 is 2.00 bits per heavy atom. The van der Waals surface area contributed by atoms with Gasteiger partial charge in [-0.05, 0) is 33.6 Å². The fraction of sp³-hybridized carbons (Fsp3) is 0.538. The molecular formula is C13H17N3O4S. The molecule has 114 valence electrons.